The first-order valence-electron chi connectivity index (χ1n) is 4.74. The second-order valence-corrected chi connectivity index (χ2v) is 3.14. The predicted octanol–water partition coefficient (Wildman–Crippen LogP) is 0.380. The molecule has 0 aliphatic carbocycles. The molecular weight excluding hydrogens is 212 g/mol. The van der Waals surface area contributed by atoms with Gasteiger partial charge in [-0.15, -0.1) is 0 Å². The summed E-state index contributed by atoms with van der Waals surface area (Å²) in [5, 5.41) is 20.3. The minimum atomic E-state index is -1.12. The quantitative estimate of drug-likeness (QED) is 0.686. The van der Waals surface area contributed by atoms with E-state index in [1.54, 1.807) is 6.92 Å². The second kappa shape index (κ2) is 5.11. The average Bonchev–Trinajstić information content (AvgIpc) is 2.25. The standard InChI is InChI=1S/C10H12N2O4/c1-2-6(10(15)16)12-9(14)8-7(13)4-3-5-11-8/h3-6,13H,2H2,1H3,(H,12,14)(H,15,16)/t6-/m1/s1. The summed E-state index contributed by atoms with van der Waals surface area (Å²) in [4.78, 5) is 25.9. The predicted molar refractivity (Wildman–Crippen MR) is 55.1 cm³/mol. The molecule has 0 aliphatic rings. The van der Waals surface area contributed by atoms with E-state index in [4.69, 9.17) is 5.11 Å². The van der Waals surface area contributed by atoms with Crippen LogP contribution in [0.2, 0.25) is 0 Å². The van der Waals surface area contributed by atoms with Gasteiger partial charge in [0.2, 0.25) is 0 Å². The molecule has 1 rings (SSSR count). The van der Waals surface area contributed by atoms with Gasteiger partial charge in [-0.1, -0.05) is 6.92 Å². The lowest BCUT2D eigenvalue weighted by Gasteiger charge is -2.11. The van der Waals surface area contributed by atoms with Gasteiger partial charge in [-0.3, -0.25) is 4.79 Å². The Bertz CT molecular complexity index is 406. The van der Waals surface area contributed by atoms with Crippen LogP contribution in [0.1, 0.15) is 23.8 Å². The Morgan fingerprint density at radius 2 is 2.25 bits per heavy atom. The summed E-state index contributed by atoms with van der Waals surface area (Å²) in [7, 11) is 0. The van der Waals surface area contributed by atoms with Gasteiger partial charge in [-0.05, 0) is 18.6 Å². The van der Waals surface area contributed by atoms with E-state index in [2.05, 4.69) is 10.3 Å². The van der Waals surface area contributed by atoms with Crippen LogP contribution in [0.5, 0.6) is 5.75 Å². The Hall–Kier alpha value is -2.11. The van der Waals surface area contributed by atoms with Crippen molar-refractivity contribution in [2.75, 3.05) is 0 Å². The van der Waals surface area contributed by atoms with Gasteiger partial charge < -0.3 is 15.5 Å². The van der Waals surface area contributed by atoms with Crippen LogP contribution in [-0.2, 0) is 4.79 Å². The zero-order valence-electron chi connectivity index (χ0n) is 8.67. The molecule has 1 amide bonds. The molecule has 1 atom stereocenters. The first kappa shape index (κ1) is 12.0. The number of nitrogens with one attached hydrogen (secondary N) is 1. The molecule has 6 heteroatoms. The number of hydrogen-bond acceptors (Lipinski definition) is 4. The molecular formula is C10H12N2O4. The maximum absolute atomic E-state index is 11.5. The van der Waals surface area contributed by atoms with Gasteiger partial charge in [0.1, 0.15) is 11.8 Å². The molecule has 0 saturated heterocycles. The van der Waals surface area contributed by atoms with Gasteiger partial charge in [0, 0.05) is 6.20 Å². The van der Waals surface area contributed by atoms with E-state index in [1.807, 2.05) is 0 Å². The lowest BCUT2D eigenvalue weighted by Crippen LogP contribution is -2.40. The molecule has 1 aromatic rings. The number of amides is 1. The van der Waals surface area contributed by atoms with Crippen molar-refractivity contribution >= 4 is 11.9 Å². The summed E-state index contributed by atoms with van der Waals surface area (Å²) < 4.78 is 0. The Kier molecular flexibility index (Phi) is 3.82. The summed E-state index contributed by atoms with van der Waals surface area (Å²) in [6.07, 6.45) is 1.60. The summed E-state index contributed by atoms with van der Waals surface area (Å²) in [5.41, 5.74) is -0.179. The number of carbonyl (C=O) groups excluding carboxylic acids is 1. The van der Waals surface area contributed by atoms with Gasteiger partial charge in [-0.2, -0.15) is 0 Å². The number of hydrogen-bond donors (Lipinski definition) is 3. The minimum absolute atomic E-state index is 0.179. The maximum atomic E-state index is 11.5. The van der Waals surface area contributed by atoms with Crippen LogP contribution in [0, 0.1) is 0 Å². The van der Waals surface area contributed by atoms with E-state index in [1.165, 1.54) is 18.3 Å². The normalized spacial score (nSPS) is 11.8. The highest BCUT2D eigenvalue weighted by molar-refractivity contribution is 5.96. The molecule has 0 fully saturated rings. The average molecular weight is 224 g/mol. The molecule has 1 aromatic heterocycles. The molecule has 0 saturated carbocycles. The summed E-state index contributed by atoms with van der Waals surface area (Å²) in [6.45, 7) is 1.64. The molecule has 0 aliphatic heterocycles. The van der Waals surface area contributed by atoms with Crippen LogP contribution in [-0.4, -0.2) is 33.1 Å². The van der Waals surface area contributed by atoms with Gasteiger partial charge >= 0.3 is 5.97 Å². The zero-order chi connectivity index (χ0) is 12.1. The third-order valence-electron chi connectivity index (χ3n) is 2.01. The summed E-state index contributed by atoms with van der Waals surface area (Å²) in [6, 6.07) is 1.80. The number of aromatic hydroxyl groups is 1. The van der Waals surface area contributed by atoms with Gasteiger partial charge in [0.05, 0.1) is 0 Å². The topological polar surface area (TPSA) is 99.5 Å². The zero-order valence-corrected chi connectivity index (χ0v) is 8.67. The molecule has 0 radical (unpaired) electrons. The summed E-state index contributed by atoms with van der Waals surface area (Å²) in [5.74, 6) is -2.10. The number of aliphatic carboxylic acids is 1. The fourth-order valence-corrected chi connectivity index (χ4v) is 1.14. The lowest BCUT2D eigenvalue weighted by atomic mass is 10.2. The number of nitrogens with zero attached hydrogens (tertiary/aromatic N) is 1. The van der Waals surface area contributed by atoms with Gasteiger partial charge in [0.15, 0.2) is 5.69 Å². The van der Waals surface area contributed by atoms with Gasteiger partial charge in [-0.25, -0.2) is 9.78 Å². The Balaban J connectivity index is 2.80. The second-order valence-electron chi connectivity index (χ2n) is 3.14. The van der Waals surface area contributed by atoms with Crippen molar-refractivity contribution < 1.29 is 19.8 Å². The van der Waals surface area contributed by atoms with Crippen molar-refractivity contribution in [2.24, 2.45) is 0 Å². The third kappa shape index (κ3) is 2.69. The van der Waals surface area contributed by atoms with Crippen LogP contribution < -0.4 is 5.32 Å². The molecule has 16 heavy (non-hydrogen) atoms. The highest BCUT2D eigenvalue weighted by atomic mass is 16.4. The first-order valence-corrected chi connectivity index (χ1v) is 4.74. The minimum Gasteiger partial charge on any atom is -0.505 e. The monoisotopic (exact) mass is 224 g/mol. The fraction of sp³-hybridized carbons (Fsp3) is 0.300. The van der Waals surface area contributed by atoms with E-state index in [0.717, 1.165) is 0 Å². The molecule has 1 heterocycles. The van der Waals surface area contributed by atoms with Crippen LogP contribution in [0.15, 0.2) is 18.3 Å². The van der Waals surface area contributed by atoms with Crippen LogP contribution in [0.4, 0.5) is 0 Å². The van der Waals surface area contributed by atoms with Crippen LogP contribution in [0.3, 0.4) is 0 Å². The van der Waals surface area contributed by atoms with Crippen molar-refractivity contribution in [1.29, 1.82) is 0 Å². The molecule has 0 spiro atoms. The molecule has 86 valence electrons. The maximum Gasteiger partial charge on any atom is 0.326 e. The number of carboxylic acid groups (broad SMARTS) is 1. The van der Waals surface area contributed by atoms with Crippen molar-refractivity contribution in [2.45, 2.75) is 19.4 Å². The third-order valence-corrected chi connectivity index (χ3v) is 2.01. The highest BCUT2D eigenvalue weighted by Crippen LogP contribution is 2.12. The van der Waals surface area contributed by atoms with Crippen LogP contribution >= 0.6 is 0 Å². The van der Waals surface area contributed by atoms with E-state index < -0.39 is 17.9 Å². The van der Waals surface area contributed by atoms with Crippen LogP contribution in [0.25, 0.3) is 0 Å². The molecule has 6 nitrogen and oxygen atoms in total. The number of aromatic nitrogens is 1. The Morgan fingerprint density at radius 3 is 2.75 bits per heavy atom. The summed E-state index contributed by atoms with van der Waals surface area (Å²) >= 11 is 0. The lowest BCUT2D eigenvalue weighted by molar-refractivity contribution is -0.139. The van der Waals surface area contributed by atoms with E-state index in [9.17, 15) is 14.7 Å². The SMILES string of the molecule is CC[C@@H](NC(=O)c1ncccc1O)C(=O)O. The molecule has 3 N–H and O–H groups in total. The van der Waals surface area contributed by atoms with E-state index in [-0.39, 0.29) is 17.9 Å². The smallest absolute Gasteiger partial charge is 0.326 e. The Morgan fingerprint density at radius 1 is 1.56 bits per heavy atom. The van der Waals surface area contributed by atoms with E-state index in [0.29, 0.717) is 0 Å². The van der Waals surface area contributed by atoms with Crippen molar-refractivity contribution in [3.63, 3.8) is 0 Å². The number of carbonyl (C=O) groups is 2. The first-order chi connectivity index (χ1) is 7.56. The van der Waals surface area contributed by atoms with Gasteiger partial charge in [0.25, 0.3) is 5.91 Å². The van der Waals surface area contributed by atoms with E-state index >= 15 is 0 Å². The fourth-order valence-electron chi connectivity index (χ4n) is 1.14. The molecule has 0 bridgehead atoms. The number of rotatable bonds is 4. The Labute approximate surface area is 91.9 Å². The number of pyridine rings is 1. The highest BCUT2D eigenvalue weighted by Gasteiger charge is 2.20. The molecule has 0 unspecified atom stereocenters. The van der Waals surface area contributed by atoms with Crippen molar-refractivity contribution in [3.8, 4) is 5.75 Å². The van der Waals surface area contributed by atoms with Crippen molar-refractivity contribution in [1.82, 2.24) is 10.3 Å². The van der Waals surface area contributed by atoms with Crippen molar-refractivity contribution in [3.05, 3.63) is 24.0 Å². The number of carboxylic acids is 1. The molecule has 0 aromatic carbocycles. The largest absolute Gasteiger partial charge is 0.505 e.